The highest BCUT2D eigenvalue weighted by atomic mass is 127. The van der Waals surface area contributed by atoms with Crippen molar-refractivity contribution in [2.24, 2.45) is 0 Å². The summed E-state index contributed by atoms with van der Waals surface area (Å²) in [5, 5.41) is 2.63. The van der Waals surface area contributed by atoms with E-state index in [1.54, 1.807) is 36.4 Å². The first-order valence-corrected chi connectivity index (χ1v) is 7.98. The smallest absolute Gasteiger partial charge is 0.333 e. The summed E-state index contributed by atoms with van der Waals surface area (Å²) in [5.41, 5.74) is 0.655. The second kappa shape index (κ2) is 8.52. The lowest BCUT2D eigenvalue weighted by molar-refractivity contribution is -0.145. The molecule has 0 aromatic heterocycles. The van der Waals surface area contributed by atoms with Crippen LogP contribution in [0.15, 0.2) is 54.6 Å². The molecule has 0 aliphatic carbocycles. The van der Waals surface area contributed by atoms with Crippen molar-refractivity contribution in [3.63, 3.8) is 0 Å². The molecule has 0 saturated heterocycles. The molecular formula is C17H16INO4. The van der Waals surface area contributed by atoms with Crippen LogP contribution in [0.4, 0.5) is 0 Å². The zero-order valence-corrected chi connectivity index (χ0v) is 14.6. The number of ether oxygens (including phenoxy) is 2. The Balaban J connectivity index is 1.97. The zero-order chi connectivity index (χ0) is 16.7. The number of methoxy groups -OCH3 is 1. The Morgan fingerprint density at radius 3 is 2.35 bits per heavy atom. The van der Waals surface area contributed by atoms with E-state index in [-0.39, 0.29) is 6.61 Å². The van der Waals surface area contributed by atoms with E-state index in [1.807, 2.05) is 18.2 Å². The highest BCUT2D eigenvalue weighted by Gasteiger charge is 2.23. The Morgan fingerprint density at radius 1 is 1.09 bits per heavy atom. The minimum Gasteiger partial charge on any atom is -0.484 e. The van der Waals surface area contributed by atoms with Gasteiger partial charge in [-0.05, 0) is 52.4 Å². The van der Waals surface area contributed by atoms with Gasteiger partial charge in [0.2, 0.25) is 0 Å². The fraction of sp³-hybridized carbons (Fsp3) is 0.176. The van der Waals surface area contributed by atoms with Crippen LogP contribution >= 0.6 is 22.6 Å². The zero-order valence-electron chi connectivity index (χ0n) is 12.5. The molecule has 1 atom stereocenters. The van der Waals surface area contributed by atoms with Crippen molar-refractivity contribution in [3.8, 4) is 5.75 Å². The van der Waals surface area contributed by atoms with Crippen LogP contribution in [0, 0.1) is 3.57 Å². The fourth-order valence-electron chi connectivity index (χ4n) is 1.92. The molecule has 1 unspecified atom stereocenters. The van der Waals surface area contributed by atoms with Gasteiger partial charge in [0.15, 0.2) is 12.6 Å². The van der Waals surface area contributed by atoms with E-state index >= 15 is 0 Å². The number of esters is 1. The Bertz CT molecular complexity index is 658. The second-order valence-corrected chi connectivity index (χ2v) is 5.92. The maximum atomic E-state index is 12.0. The molecule has 0 spiro atoms. The Labute approximate surface area is 148 Å². The van der Waals surface area contributed by atoms with Crippen molar-refractivity contribution in [1.29, 1.82) is 0 Å². The summed E-state index contributed by atoms with van der Waals surface area (Å²) in [6, 6.07) is 15.4. The van der Waals surface area contributed by atoms with Crippen molar-refractivity contribution >= 4 is 34.5 Å². The van der Waals surface area contributed by atoms with Crippen LogP contribution in [-0.2, 0) is 14.3 Å². The summed E-state index contributed by atoms with van der Waals surface area (Å²) in [7, 11) is 1.28. The molecular weight excluding hydrogens is 409 g/mol. The number of hydrogen-bond acceptors (Lipinski definition) is 4. The van der Waals surface area contributed by atoms with Crippen molar-refractivity contribution in [2.45, 2.75) is 6.04 Å². The summed E-state index contributed by atoms with van der Waals surface area (Å²) in [4.78, 5) is 23.9. The van der Waals surface area contributed by atoms with Gasteiger partial charge >= 0.3 is 5.97 Å². The van der Waals surface area contributed by atoms with Gasteiger partial charge in [0.1, 0.15) is 5.75 Å². The number of halogens is 1. The molecule has 2 aromatic carbocycles. The maximum absolute atomic E-state index is 12.0. The number of benzene rings is 2. The molecule has 0 radical (unpaired) electrons. The number of rotatable bonds is 6. The molecule has 120 valence electrons. The predicted molar refractivity (Wildman–Crippen MR) is 94.0 cm³/mol. The van der Waals surface area contributed by atoms with Gasteiger partial charge in [0, 0.05) is 3.57 Å². The summed E-state index contributed by atoms with van der Waals surface area (Å²) < 4.78 is 11.2. The van der Waals surface area contributed by atoms with Gasteiger partial charge < -0.3 is 14.8 Å². The third-order valence-electron chi connectivity index (χ3n) is 3.06. The molecule has 0 saturated carbocycles. The van der Waals surface area contributed by atoms with Crippen LogP contribution in [0.2, 0.25) is 0 Å². The standard InChI is InChI=1S/C17H16INO4/c1-22-17(21)16(12-5-3-2-4-6-12)19-15(20)11-23-14-9-7-13(18)8-10-14/h2-10,16H,11H2,1H3,(H,19,20). The summed E-state index contributed by atoms with van der Waals surface area (Å²) in [6.45, 7) is -0.180. The maximum Gasteiger partial charge on any atom is 0.333 e. The lowest BCUT2D eigenvalue weighted by atomic mass is 10.1. The molecule has 2 aromatic rings. The van der Waals surface area contributed by atoms with Gasteiger partial charge in [-0.25, -0.2) is 4.79 Å². The van der Waals surface area contributed by atoms with E-state index in [9.17, 15) is 9.59 Å². The second-order valence-electron chi connectivity index (χ2n) is 4.68. The molecule has 2 rings (SSSR count). The van der Waals surface area contributed by atoms with Gasteiger partial charge in [-0.2, -0.15) is 0 Å². The number of amides is 1. The molecule has 0 bridgehead atoms. The third-order valence-corrected chi connectivity index (χ3v) is 3.78. The topological polar surface area (TPSA) is 64.6 Å². The van der Waals surface area contributed by atoms with Crippen molar-refractivity contribution in [2.75, 3.05) is 13.7 Å². The monoisotopic (exact) mass is 425 g/mol. The van der Waals surface area contributed by atoms with Crippen molar-refractivity contribution in [3.05, 3.63) is 63.7 Å². The van der Waals surface area contributed by atoms with Crippen LogP contribution in [0.25, 0.3) is 0 Å². The van der Waals surface area contributed by atoms with Gasteiger partial charge in [-0.15, -0.1) is 0 Å². The molecule has 1 amide bonds. The van der Waals surface area contributed by atoms with Crippen LogP contribution in [0.1, 0.15) is 11.6 Å². The normalized spacial score (nSPS) is 11.4. The van der Waals surface area contributed by atoms with Gasteiger partial charge in [-0.1, -0.05) is 30.3 Å². The molecule has 0 aliphatic heterocycles. The molecule has 23 heavy (non-hydrogen) atoms. The van der Waals surface area contributed by atoms with Gasteiger partial charge in [-0.3, -0.25) is 4.79 Å². The molecule has 0 aliphatic rings. The first-order valence-electron chi connectivity index (χ1n) is 6.90. The molecule has 0 heterocycles. The summed E-state index contributed by atoms with van der Waals surface area (Å²) >= 11 is 2.19. The highest BCUT2D eigenvalue weighted by Crippen LogP contribution is 2.15. The fourth-order valence-corrected chi connectivity index (χ4v) is 2.28. The van der Waals surface area contributed by atoms with E-state index < -0.39 is 17.9 Å². The first-order chi connectivity index (χ1) is 11.1. The number of carbonyl (C=O) groups excluding carboxylic acids is 2. The van der Waals surface area contributed by atoms with E-state index in [1.165, 1.54) is 7.11 Å². The number of hydrogen-bond donors (Lipinski definition) is 1. The molecule has 6 heteroatoms. The minimum atomic E-state index is -0.853. The van der Waals surface area contributed by atoms with Crippen molar-refractivity contribution in [1.82, 2.24) is 5.32 Å². The van der Waals surface area contributed by atoms with Crippen LogP contribution in [0.5, 0.6) is 5.75 Å². The van der Waals surface area contributed by atoms with E-state index in [4.69, 9.17) is 9.47 Å². The van der Waals surface area contributed by atoms with Crippen LogP contribution in [-0.4, -0.2) is 25.6 Å². The van der Waals surface area contributed by atoms with Crippen LogP contribution in [0.3, 0.4) is 0 Å². The summed E-state index contributed by atoms with van der Waals surface area (Å²) in [5.74, 6) is -0.337. The average molecular weight is 425 g/mol. The SMILES string of the molecule is COC(=O)C(NC(=O)COc1ccc(I)cc1)c1ccccc1. The molecule has 1 N–H and O–H groups in total. The summed E-state index contributed by atoms with van der Waals surface area (Å²) in [6.07, 6.45) is 0. The van der Waals surface area contributed by atoms with Gasteiger partial charge in [0.05, 0.1) is 7.11 Å². The number of carbonyl (C=O) groups is 2. The third kappa shape index (κ3) is 5.24. The Hall–Kier alpha value is -2.09. The number of nitrogens with one attached hydrogen (secondary N) is 1. The molecule has 0 fully saturated rings. The first kappa shape index (κ1) is 17.3. The van der Waals surface area contributed by atoms with E-state index in [0.717, 1.165) is 3.57 Å². The molecule has 5 nitrogen and oxygen atoms in total. The lowest BCUT2D eigenvalue weighted by Gasteiger charge is -2.17. The Kier molecular flexibility index (Phi) is 6.40. The largest absolute Gasteiger partial charge is 0.484 e. The quantitative estimate of drug-likeness (QED) is 0.571. The average Bonchev–Trinajstić information content (AvgIpc) is 2.59. The van der Waals surface area contributed by atoms with Gasteiger partial charge in [0.25, 0.3) is 5.91 Å². The predicted octanol–water partition coefficient (Wildman–Crippen LogP) is 2.70. The lowest BCUT2D eigenvalue weighted by Crippen LogP contribution is -2.37. The minimum absolute atomic E-state index is 0.180. The van der Waals surface area contributed by atoms with E-state index in [2.05, 4.69) is 27.9 Å². The van der Waals surface area contributed by atoms with E-state index in [0.29, 0.717) is 11.3 Å². The Morgan fingerprint density at radius 2 is 1.74 bits per heavy atom. The highest BCUT2D eigenvalue weighted by molar-refractivity contribution is 14.1. The van der Waals surface area contributed by atoms with Crippen LogP contribution < -0.4 is 10.1 Å². The van der Waals surface area contributed by atoms with Crippen molar-refractivity contribution < 1.29 is 19.1 Å².